The number of likely N-dealkylation sites (tertiary alicyclic amines) is 1. The van der Waals surface area contributed by atoms with Crippen molar-refractivity contribution in [2.45, 2.75) is 174 Å². The average Bonchev–Trinajstić information content (AvgIpc) is 1.59. The third-order valence-electron chi connectivity index (χ3n) is 17.6. The Kier molecular flexibility index (Phi) is 22.7. The molecule has 5 aromatic carbocycles. The molecule has 0 spiro atoms. The summed E-state index contributed by atoms with van der Waals surface area (Å²) in [5, 5.41) is 30.0. The Morgan fingerprint density at radius 3 is 2.10 bits per heavy atom. The number of aliphatic hydroxyl groups is 1. The van der Waals surface area contributed by atoms with Gasteiger partial charge in [0.25, 0.3) is 0 Å². The molecule has 0 unspecified atom stereocenters. The molecule has 3 aromatic heterocycles. The molecule has 16 heteroatoms. The molecule has 8 aromatic rings. The molecule has 4 heterocycles. The number of amides is 4. The fourth-order valence-electron chi connectivity index (χ4n) is 12.6. The summed E-state index contributed by atoms with van der Waals surface area (Å²) < 4.78 is 10.6. The SMILES string of the molecule is Cc1ncsc1-c1ccc(CNC(=O)[C@@H]2C[C@@H](OCc3ccccc3)CN2C(=O)[C@@H](NC(=O)CCCCCCCC(=O)NCCCCC#Cc2cccc(Cn3c(-c4ccccc4)c(-c4ccccc4)c4c(=N)n(C5CCC(O)CC5)cnc43)c2)C(C)(C)C)cc1. The lowest BCUT2D eigenvalue weighted by Gasteiger charge is -2.35. The predicted molar refractivity (Wildman–Crippen MR) is 360 cm³/mol. The van der Waals surface area contributed by atoms with E-state index in [1.165, 1.54) is 0 Å². The molecule has 2 aliphatic rings. The molecular formula is C75H87N9O6S. The highest BCUT2D eigenvalue weighted by molar-refractivity contribution is 7.13. The van der Waals surface area contributed by atoms with E-state index in [1.54, 1.807) is 16.2 Å². The molecule has 3 atom stereocenters. The van der Waals surface area contributed by atoms with E-state index in [1.807, 2.05) is 135 Å². The first-order valence-electron chi connectivity index (χ1n) is 32.5. The van der Waals surface area contributed by atoms with Crippen molar-refractivity contribution in [3.63, 3.8) is 0 Å². The van der Waals surface area contributed by atoms with Crippen molar-refractivity contribution in [2.75, 3.05) is 13.1 Å². The van der Waals surface area contributed by atoms with Crippen LogP contribution < -0.4 is 21.4 Å². The predicted octanol–water partition coefficient (Wildman–Crippen LogP) is 13.0. The van der Waals surface area contributed by atoms with E-state index in [-0.39, 0.29) is 54.8 Å². The summed E-state index contributed by atoms with van der Waals surface area (Å²) in [6, 6.07) is 45.4. The largest absolute Gasteiger partial charge is 0.393 e. The number of fused-ring (bicyclic) bond motifs is 1. The number of aryl methyl sites for hydroxylation is 1. The number of carbonyl (C=O) groups excluding carboxylic acids is 4. The second-order valence-corrected chi connectivity index (χ2v) is 26.3. The third-order valence-corrected chi connectivity index (χ3v) is 18.6. The second-order valence-electron chi connectivity index (χ2n) is 25.5. The average molecular weight is 1240 g/mol. The molecule has 474 valence electrons. The van der Waals surface area contributed by atoms with E-state index in [4.69, 9.17) is 9.72 Å². The van der Waals surface area contributed by atoms with Crippen molar-refractivity contribution >= 4 is 46.0 Å². The van der Waals surface area contributed by atoms with E-state index in [0.29, 0.717) is 57.4 Å². The van der Waals surface area contributed by atoms with Crippen molar-refractivity contribution in [3.05, 3.63) is 185 Å². The van der Waals surface area contributed by atoms with Gasteiger partial charge in [0, 0.05) is 69.0 Å². The molecule has 1 aliphatic carbocycles. The number of benzene rings is 5. The zero-order valence-corrected chi connectivity index (χ0v) is 53.9. The van der Waals surface area contributed by atoms with Gasteiger partial charge in [-0.05, 0) is 109 Å². The fourth-order valence-corrected chi connectivity index (χ4v) is 13.4. The maximum Gasteiger partial charge on any atom is 0.246 e. The zero-order chi connectivity index (χ0) is 63.7. The normalized spacial score (nSPS) is 16.9. The first-order chi connectivity index (χ1) is 44.2. The van der Waals surface area contributed by atoms with E-state index < -0.39 is 17.5 Å². The van der Waals surface area contributed by atoms with Gasteiger partial charge in [0.05, 0.1) is 52.3 Å². The molecule has 1 saturated heterocycles. The third kappa shape index (κ3) is 17.3. The zero-order valence-electron chi connectivity index (χ0n) is 53.1. The number of ether oxygens (including phenoxy) is 1. The highest BCUT2D eigenvalue weighted by Crippen LogP contribution is 2.40. The Morgan fingerprint density at radius 1 is 0.736 bits per heavy atom. The molecule has 2 fully saturated rings. The minimum Gasteiger partial charge on any atom is -0.393 e. The summed E-state index contributed by atoms with van der Waals surface area (Å²) >= 11 is 1.59. The van der Waals surface area contributed by atoms with Gasteiger partial charge in [0.15, 0.2) is 0 Å². The van der Waals surface area contributed by atoms with Crippen LogP contribution in [0.15, 0.2) is 151 Å². The van der Waals surface area contributed by atoms with E-state index >= 15 is 0 Å². The number of rotatable bonds is 26. The molecule has 4 amide bonds. The number of hydrogen-bond acceptors (Lipinski definition) is 10. The highest BCUT2D eigenvalue weighted by atomic mass is 32.1. The van der Waals surface area contributed by atoms with E-state index in [0.717, 1.165) is 136 Å². The first kappa shape index (κ1) is 65.5. The van der Waals surface area contributed by atoms with Crippen LogP contribution in [-0.2, 0) is 43.6 Å². The van der Waals surface area contributed by atoms with Gasteiger partial charge >= 0.3 is 0 Å². The molecule has 10 rings (SSSR count). The van der Waals surface area contributed by atoms with E-state index in [9.17, 15) is 29.7 Å². The van der Waals surface area contributed by atoms with Crippen LogP contribution >= 0.6 is 11.3 Å². The lowest BCUT2D eigenvalue weighted by Crippen LogP contribution is -2.57. The van der Waals surface area contributed by atoms with E-state index in [2.05, 4.69) is 85.9 Å². The van der Waals surface area contributed by atoms with Crippen molar-refractivity contribution in [1.82, 2.24) is 40.0 Å². The van der Waals surface area contributed by atoms with Crippen LogP contribution in [0.2, 0.25) is 0 Å². The fraction of sp³-hybridized carbons (Fsp3) is 0.400. The molecule has 1 saturated carbocycles. The maximum absolute atomic E-state index is 14.6. The molecule has 0 bridgehead atoms. The summed E-state index contributed by atoms with van der Waals surface area (Å²) in [5.74, 6) is 6.02. The van der Waals surface area contributed by atoms with Gasteiger partial charge in [0.1, 0.15) is 23.2 Å². The summed E-state index contributed by atoms with van der Waals surface area (Å²) in [7, 11) is 0. The molecule has 1 aliphatic heterocycles. The maximum atomic E-state index is 14.6. The van der Waals surface area contributed by atoms with Crippen molar-refractivity contribution < 1.29 is 29.0 Å². The van der Waals surface area contributed by atoms with Gasteiger partial charge in [0.2, 0.25) is 23.6 Å². The minimum atomic E-state index is -0.856. The molecule has 5 N–H and O–H groups in total. The van der Waals surface area contributed by atoms with Gasteiger partial charge in [-0.2, -0.15) is 0 Å². The smallest absolute Gasteiger partial charge is 0.246 e. The number of nitrogens with one attached hydrogen (secondary N) is 4. The van der Waals surface area contributed by atoms with Crippen LogP contribution in [0.4, 0.5) is 0 Å². The summed E-state index contributed by atoms with van der Waals surface area (Å²) in [4.78, 5) is 67.2. The van der Waals surface area contributed by atoms with Crippen molar-refractivity contribution in [3.8, 4) is 44.7 Å². The van der Waals surface area contributed by atoms with Gasteiger partial charge in [-0.25, -0.2) is 9.97 Å². The summed E-state index contributed by atoms with van der Waals surface area (Å²) in [5.41, 5.74) is 12.5. The van der Waals surface area contributed by atoms with Crippen LogP contribution in [0.3, 0.4) is 0 Å². The first-order valence-corrected chi connectivity index (χ1v) is 33.4. The number of nitrogens with zero attached hydrogens (tertiary/aromatic N) is 5. The Balaban J connectivity index is 0.652. The monoisotopic (exact) mass is 1240 g/mol. The van der Waals surface area contributed by atoms with Crippen LogP contribution in [0.5, 0.6) is 0 Å². The number of unbranched alkanes of at least 4 members (excludes halogenated alkanes) is 6. The minimum absolute atomic E-state index is 0.0416. The highest BCUT2D eigenvalue weighted by Gasteiger charge is 2.45. The summed E-state index contributed by atoms with van der Waals surface area (Å²) in [6.07, 6.45) is 11.7. The summed E-state index contributed by atoms with van der Waals surface area (Å²) in [6.45, 7) is 9.79. The number of thiazole rings is 1. The quantitative estimate of drug-likeness (QED) is 0.0261. The lowest BCUT2D eigenvalue weighted by atomic mass is 9.85. The second kappa shape index (κ2) is 31.5. The standard InChI is InChI=1S/C75H87N9O6S/c1-52-69(91-51-80-52)59-37-35-54(36-38-59)46-78-73(88)63-45-62(90-49-55-25-14-10-15-26-55)48-82(63)74(89)70(75(2,3)4)81-65(87)34-21-7-5-6-20-33-64(86)77-43-22-9-8-13-24-53-27-23-28-56(44-53)47-83-68(58-31-18-12-19-32-58)66(57-29-16-11-17-30-57)67-71(76)84(50-79-72(67)83)60-39-41-61(85)42-40-60/h10-12,14-19,23,25-32,35-38,44,50-51,60-63,70,76,85H,5-9,20-22,33-34,39-43,45-49H2,1-4H3,(H,77,86)(H,78,88)(H,81,87)/t60?,61?,62-,63+,70-/m1/s1. The Hall–Kier alpha value is -8.49. The number of aliphatic hydroxyl groups excluding tert-OH is 1. The number of aromatic nitrogens is 4. The van der Waals surface area contributed by atoms with Crippen LogP contribution in [0, 0.1) is 29.6 Å². The van der Waals surface area contributed by atoms with Crippen molar-refractivity contribution in [2.24, 2.45) is 5.41 Å². The topological polar surface area (TPSA) is 197 Å². The van der Waals surface area contributed by atoms with Crippen LogP contribution in [0.1, 0.15) is 151 Å². The van der Waals surface area contributed by atoms with Gasteiger partial charge in [-0.3, -0.25) is 24.6 Å². The number of hydrogen-bond donors (Lipinski definition) is 5. The van der Waals surface area contributed by atoms with Crippen LogP contribution in [0.25, 0.3) is 43.9 Å². The van der Waals surface area contributed by atoms with Gasteiger partial charge in [-0.1, -0.05) is 179 Å². The lowest BCUT2D eigenvalue weighted by molar-refractivity contribution is -0.144. The Labute approximate surface area is 539 Å². The van der Waals surface area contributed by atoms with Crippen molar-refractivity contribution in [1.29, 1.82) is 5.41 Å². The molecule has 15 nitrogen and oxygen atoms in total. The van der Waals surface area contributed by atoms with Gasteiger partial charge in [-0.15, -0.1) is 11.3 Å². The Bertz CT molecular complexity index is 3860. The number of carbonyl (C=O) groups is 4. The molecule has 91 heavy (non-hydrogen) atoms. The van der Waals surface area contributed by atoms with Crippen LogP contribution in [-0.4, -0.2) is 90.1 Å². The molecule has 0 radical (unpaired) electrons. The Morgan fingerprint density at radius 2 is 1.41 bits per heavy atom. The van der Waals surface area contributed by atoms with Gasteiger partial charge < -0.3 is 39.8 Å². The molecular weight excluding hydrogens is 1150 g/mol.